The second kappa shape index (κ2) is 5.58. The number of nitrogens with one attached hydrogen (secondary N) is 1. The zero-order valence-electron chi connectivity index (χ0n) is 10.6. The van der Waals surface area contributed by atoms with Gasteiger partial charge in [-0.15, -0.1) is 16.9 Å². The van der Waals surface area contributed by atoms with Gasteiger partial charge >= 0.3 is 6.16 Å². The van der Waals surface area contributed by atoms with Gasteiger partial charge in [-0.05, 0) is 0 Å². The van der Waals surface area contributed by atoms with Crippen molar-refractivity contribution in [3.05, 3.63) is 17.7 Å². The van der Waals surface area contributed by atoms with Crippen molar-refractivity contribution in [1.29, 1.82) is 0 Å². The second-order valence-electron chi connectivity index (χ2n) is 4.31. The number of carbonyl (C=O) groups is 2. The molecule has 1 fully saturated rings. The van der Waals surface area contributed by atoms with Gasteiger partial charge in [-0.25, -0.2) is 4.79 Å². The molecule has 0 aliphatic carbocycles. The molecule has 21 heavy (non-hydrogen) atoms. The molecule has 2 aliphatic heterocycles. The number of ether oxygens (including phenoxy) is 1. The third kappa shape index (κ3) is 2.59. The zero-order chi connectivity index (χ0) is 15.0. The highest BCUT2D eigenvalue weighted by Gasteiger charge is 2.51. The summed E-state index contributed by atoms with van der Waals surface area (Å²) in [5.74, 6) is 0.755. The Labute approximate surface area is 127 Å². The predicted molar refractivity (Wildman–Crippen MR) is 74.3 cm³/mol. The third-order valence-electron chi connectivity index (χ3n) is 3.01. The molecular formula is C10H11N5O4S2. The third-order valence-corrected chi connectivity index (χ3v) is 5.35. The Morgan fingerprint density at radius 3 is 3.19 bits per heavy atom. The van der Waals surface area contributed by atoms with E-state index in [0.717, 1.165) is 0 Å². The summed E-state index contributed by atoms with van der Waals surface area (Å²) >= 11 is 2.87. The van der Waals surface area contributed by atoms with Gasteiger partial charge in [-0.3, -0.25) is 9.69 Å². The van der Waals surface area contributed by atoms with Crippen LogP contribution < -0.4 is 5.73 Å². The van der Waals surface area contributed by atoms with E-state index in [9.17, 15) is 9.59 Å². The van der Waals surface area contributed by atoms with E-state index in [4.69, 9.17) is 15.6 Å². The molecule has 112 valence electrons. The molecule has 2 aliphatic rings. The van der Waals surface area contributed by atoms with Crippen LogP contribution in [0.3, 0.4) is 0 Å². The molecule has 11 heteroatoms. The number of fused-ring (bicyclic) bond motifs is 1. The van der Waals surface area contributed by atoms with Crippen LogP contribution in [0.2, 0.25) is 0 Å². The van der Waals surface area contributed by atoms with Gasteiger partial charge in [0.25, 0.3) is 0 Å². The van der Waals surface area contributed by atoms with Crippen molar-refractivity contribution >= 4 is 35.6 Å². The van der Waals surface area contributed by atoms with Crippen LogP contribution in [0, 0.1) is 0 Å². The zero-order valence-corrected chi connectivity index (χ0v) is 12.2. The van der Waals surface area contributed by atoms with Gasteiger partial charge < -0.3 is 15.6 Å². The van der Waals surface area contributed by atoms with Crippen LogP contribution in [-0.4, -0.2) is 60.4 Å². The maximum Gasteiger partial charge on any atom is 0.512 e. The predicted octanol–water partition coefficient (Wildman–Crippen LogP) is 0.0454. The maximum absolute atomic E-state index is 11.8. The summed E-state index contributed by atoms with van der Waals surface area (Å²) in [4.78, 5) is 24.0. The smallest absolute Gasteiger partial charge is 0.449 e. The summed E-state index contributed by atoms with van der Waals surface area (Å²) in [6.07, 6.45) is 0.111. The second-order valence-corrected chi connectivity index (χ2v) is 6.41. The van der Waals surface area contributed by atoms with Crippen LogP contribution in [0.15, 0.2) is 22.7 Å². The van der Waals surface area contributed by atoms with Crippen LogP contribution in [-0.2, 0) is 9.53 Å². The summed E-state index contributed by atoms with van der Waals surface area (Å²) in [5, 5.41) is 19.4. The van der Waals surface area contributed by atoms with E-state index in [1.54, 1.807) is 6.20 Å². The summed E-state index contributed by atoms with van der Waals surface area (Å²) in [5.41, 5.74) is 6.42. The summed E-state index contributed by atoms with van der Waals surface area (Å²) in [6, 6.07) is -0.605. The average Bonchev–Trinajstić information content (AvgIpc) is 2.97. The lowest BCUT2D eigenvalue weighted by atomic mass is 10.1. The number of rotatable bonds is 4. The Morgan fingerprint density at radius 1 is 1.71 bits per heavy atom. The van der Waals surface area contributed by atoms with E-state index in [1.807, 2.05) is 0 Å². The molecule has 0 spiro atoms. The Morgan fingerprint density at radius 2 is 2.52 bits per heavy atom. The maximum atomic E-state index is 11.8. The number of H-pyrrole nitrogens is 1. The number of carboxylic acid groups (broad SMARTS) is 1. The SMILES string of the molecule is N[C@@H]1C(=O)N2C(OC(=O)O)=C(CSc3cn[nH]n3)CS[C@H]12. The first kappa shape index (κ1) is 14.2. The first-order valence-corrected chi connectivity index (χ1v) is 7.93. The lowest BCUT2D eigenvalue weighted by Crippen LogP contribution is -2.68. The number of hydrogen-bond donors (Lipinski definition) is 3. The topological polar surface area (TPSA) is 134 Å². The monoisotopic (exact) mass is 329 g/mol. The fourth-order valence-corrected chi connectivity index (χ4v) is 4.21. The molecule has 1 aromatic rings. The summed E-state index contributed by atoms with van der Waals surface area (Å²) in [7, 11) is 0. The van der Waals surface area contributed by atoms with Gasteiger partial charge in [0.05, 0.1) is 6.20 Å². The van der Waals surface area contributed by atoms with Gasteiger partial charge in [-0.2, -0.15) is 10.3 Å². The van der Waals surface area contributed by atoms with Gasteiger partial charge in [0.2, 0.25) is 11.8 Å². The van der Waals surface area contributed by atoms with Crippen molar-refractivity contribution in [3.8, 4) is 0 Å². The number of β-lactam (4-membered cyclic amide) rings is 1. The summed E-state index contributed by atoms with van der Waals surface area (Å²) < 4.78 is 4.80. The lowest BCUT2D eigenvalue weighted by molar-refractivity contribution is -0.144. The molecule has 0 aromatic carbocycles. The number of nitrogens with two attached hydrogens (primary N) is 1. The largest absolute Gasteiger partial charge is 0.512 e. The molecule has 0 bridgehead atoms. The average molecular weight is 329 g/mol. The Balaban J connectivity index is 1.80. The number of carbonyl (C=O) groups excluding carboxylic acids is 1. The number of hydrogen-bond acceptors (Lipinski definition) is 8. The highest BCUT2D eigenvalue weighted by Crippen LogP contribution is 2.40. The van der Waals surface area contributed by atoms with Crippen molar-refractivity contribution in [3.63, 3.8) is 0 Å². The van der Waals surface area contributed by atoms with E-state index < -0.39 is 12.2 Å². The van der Waals surface area contributed by atoms with E-state index in [1.165, 1.54) is 28.4 Å². The highest BCUT2D eigenvalue weighted by molar-refractivity contribution is 8.01. The minimum Gasteiger partial charge on any atom is -0.449 e. The number of aromatic amines is 1. The van der Waals surface area contributed by atoms with Crippen molar-refractivity contribution < 1.29 is 19.4 Å². The Bertz CT molecular complexity index is 605. The fourth-order valence-electron chi connectivity index (χ4n) is 2.03. The van der Waals surface area contributed by atoms with E-state index in [2.05, 4.69) is 15.4 Å². The Kier molecular flexibility index (Phi) is 3.78. The molecule has 1 saturated heterocycles. The molecular weight excluding hydrogens is 318 g/mol. The minimum atomic E-state index is -1.45. The van der Waals surface area contributed by atoms with E-state index in [0.29, 0.717) is 22.1 Å². The van der Waals surface area contributed by atoms with Crippen LogP contribution in [0.1, 0.15) is 0 Å². The van der Waals surface area contributed by atoms with Crippen molar-refractivity contribution in [2.75, 3.05) is 11.5 Å². The first-order valence-electron chi connectivity index (χ1n) is 5.89. The standard InChI is InChI=1S/C10H11N5O4S2/c11-6-7(16)15-8(19-10(17)18)4(3-21-9(6)15)2-20-5-1-12-14-13-5/h1,6,9H,2-3,11H2,(H,17,18)(H,12,13,14)/t6-,9-/m1/s1. The molecule has 1 amide bonds. The van der Waals surface area contributed by atoms with Gasteiger partial charge in [-0.1, -0.05) is 11.8 Å². The molecule has 9 nitrogen and oxygen atoms in total. The van der Waals surface area contributed by atoms with E-state index >= 15 is 0 Å². The van der Waals surface area contributed by atoms with Crippen LogP contribution >= 0.6 is 23.5 Å². The number of aromatic nitrogens is 3. The molecule has 0 saturated carbocycles. The van der Waals surface area contributed by atoms with E-state index in [-0.39, 0.29) is 17.2 Å². The lowest BCUT2D eigenvalue weighted by Gasteiger charge is -2.47. The number of thioether (sulfide) groups is 2. The summed E-state index contributed by atoms with van der Waals surface area (Å²) in [6.45, 7) is 0. The van der Waals surface area contributed by atoms with Crippen LogP contribution in [0.4, 0.5) is 4.79 Å². The minimum absolute atomic E-state index is 0.0777. The Hall–Kier alpha value is -1.72. The normalized spacial score (nSPS) is 24.6. The quantitative estimate of drug-likeness (QED) is 0.397. The van der Waals surface area contributed by atoms with Crippen molar-refractivity contribution in [2.45, 2.75) is 16.4 Å². The highest BCUT2D eigenvalue weighted by atomic mass is 32.2. The molecule has 3 rings (SSSR count). The van der Waals surface area contributed by atoms with Gasteiger partial charge in [0.1, 0.15) is 16.4 Å². The van der Waals surface area contributed by atoms with Gasteiger partial charge in [0, 0.05) is 17.1 Å². The van der Waals surface area contributed by atoms with Crippen molar-refractivity contribution in [2.24, 2.45) is 5.73 Å². The number of nitrogens with zero attached hydrogens (tertiary/aromatic N) is 3. The number of amides is 1. The molecule has 0 radical (unpaired) electrons. The van der Waals surface area contributed by atoms with Gasteiger partial charge in [0.15, 0.2) is 0 Å². The molecule has 2 atom stereocenters. The molecule has 3 heterocycles. The van der Waals surface area contributed by atoms with Crippen LogP contribution in [0.5, 0.6) is 0 Å². The molecule has 0 unspecified atom stereocenters. The fraction of sp³-hybridized carbons (Fsp3) is 0.400. The van der Waals surface area contributed by atoms with Crippen molar-refractivity contribution in [1.82, 2.24) is 20.3 Å². The molecule has 1 aromatic heterocycles. The van der Waals surface area contributed by atoms with Crippen LogP contribution in [0.25, 0.3) is 0 Å². The molecule has 4 N–H and O–H groups in total. The first-order chi connectivity index (χ1) is 10.1.